The summed E-state index contributed by atoms with van der Waals surface area (Å²) in [4.78, 5) is 16.6. The van der Waals surface area contributed by atoms with Gasteiger partial charge in [0.1, 0.15) is 18.4 Å². The summed E-state index contributed by atoms with van der Waals surface area (Å²) >= 11 is 0. The first-order valence-electron chi connectivity index (χ1n) is 13.1. The molecule has 0 radical (unpaired) electrons. The predicted molar refractivity (Wildman–Crippen MR) is 152 cm³/mol. The maximum atomic E-state index is 6.03. The number of aliphatic imine (C=N–C) groups is 1. The number of aryl methyl sites for hydroxylation is 1. The van der Waals surface area contributed by atoms with Crippen molar-refractivity contribution in [2.75, 3.05) is 57.3 Å². The number of ether oxygens (including phenoxy) is 1. The van der Waals surface area contributed by atoms with Gasteiger partial charge in [-0.1, -0.05) is 26.6 Å². The number of hydrogen-bond acceptors (Lipinski definition) is 6. The quantitative estimate of drug-likeness (QED) is 0.341. The van der Waals surface area contributed by atoms with Gasteiger partial charge in [0.15, 0.2) is 0 Å². The molecule has 3 rings (SSSR count). The van der Waals surface area contributed by atoms with Gasteiger partial charge in [0.25, 0.3) is 0 Å². The molecule has 0 unspecified atom stereocenters. The van der Waals surface area contributed by atoms with Gasteiger partial charge < -0.3 is 24.8 Å². The SMILES string of the molecule is CC/N=C1\C(=C(/C)N2CC[C@@H](N(C)c3cc(CC)c(NC)cn3)C2)C=CN1COCC[Si](C)(C)C. The summed E-state index contributed by atoms with van der Waals surface area (Å²) in [6.45, 7) is 17.9. The van der Waals surface area contributed by atoms with E-state index < -0.39 is 8.07 Å². The first-order chi connectivity index (χ1) is 16.7. The molecule has 1 aromatic heterocycles. The van der Waals surface area contributed by atoms with E-state index in [2.05, 4.69) is 85.8 Å². The molecule has 35 heavy (non-hydrogen) atoms. The molecule has 0 bridgehead atoms. The first-order valence-corrected chi connectivity index (χ1v) is 16.8. The van der Waals surface area contributed by atoms with E-state index in [9.17, 15) is 0 Å². The van der Waals surface area contributed by atoms with Crippen LogP contribution in [0.4, 0.5) is 11.5 Å². The number of amidine groups is 1. The summed E-state index contributed by atoms with van der Waals surface area (Å²) in [7, 11) is 3.05. The molecule has 0 spiro atoms. The fraction of sp³-hybridized carbons (Fsp3) is 0.630. The lowest BCUT2D eigenvalue weighted by Gasteiger charge is -2.28. The van der Waals surface area contributed by atoms with E-state index in [1.165, 1.54) is 22.9 Å². The zero-order chi connectivity index (χ0) is 25.6. The molecule has 8 heteroatoms. The maximum absolute atomic E-state index is 6.03. The average molecular weight is 499 g/mol. The number of likely N-dealkylation sites (tertiary alicyclic amines) is 1. The van der Waals surface area contributed by atoms with E-state index in [0.717, 1.165) is 56.4 Å². The van der Waals surface area contributed by atoms with Gasteiger partial charge in [-0.2, -0.15) is 0 Å². The Morgan fingerprint density at radius 1 is 1.31 bits per heavy atom. The van der Waals surface area contributed by atoms with E-state index in [1.807, 2.05) is 13.2 Å². The highest BCUT2D eigenvalue weighted by Crippen LogP contribution is 2.28. The summed E-state index contributed by atoms with van der Waals surface area (Å²) in [5.41, 5.74) is 4.93. The molecule has 1 saturated heterocycles. The second kappa shape index (κ2) is 12.1. The number of nitrogens with zero attached hydrogens (tertiary/aromatic N) is 5. The molecule has 0 aliphatic carbocycles. The number of anilines is 2. The summed E-state index contributed by atoms with van der Waals surface area (Å²) < 4.78 is 6.03. The minimum Gasteiger partial charge on any atom is -0.387 e. The summed E-state index contributed by atoms with van der Waals surface area (Å²) in [6.07, 6.45) is 8.40. The Bertz CT molecular complexity index is 951. The third-order valence-corrected chi connectivity index (χ3v) is 8.73. The largest absolute Gasteiger partial charge is 0.387 e. The van der Waals surface area contributed by atoms with Gasteiger partial charge in [-0.25, -0.2) is 4.98 Å². The number of rotatable bonds is 11. The van der Waals surface area contributed by atoms with E-state index in [4.69, 9.17) is 14.7 Å². The van der Waals surface area contributed by atoms with E-state index in [0.29, 0.717) is 12.8 Å². The molecule has 3 heterocycles. The third-order valence-electron chi connectivity index (χ3n) is 7.03. The van der Waals surface area contributed by atoms with Crippen molar-refractivity contribution in [3.05, 3.63) is 41.4 Å². The Kier molecular flexibility index (Phi) is 9.41. The standard InChI is InChI=1S/C27H46N6OSi/c1-9-22-17-26(30-18-25(22)28-4)31(5)23-11-13-32(19-23)21(3)24-12-14-33(27(24)29-10-2)20-34-15-16-35(6,7)8/h12,14,17-18,23,28H,9-11,13,15-16,19-20H2,1-8H3/b24-21+,29-27+/t23-/m1/s1. The molecule has 1 atom stereocenters. The monoisotopic (exact) mass is 498 g/mol. The lowest BCUT2D eigenvalue weighted by molar-refractivity contribution is 0.0946. The lowest BCUT2D eigenvalue weighted by atomic mass is 10.1. The summed E-state index contributed by atoms with van der Waals surface area (Å²) in [5, 5.41) is 3.25. The molecule has 1 aromatic rings. The van der Waals surface area contributed by atoms with Gasteiger partial charge in [-0.15, -0.1) is 0 Å². The highest BCUT2D eigenvalue weighted by atomic mass is 28.3. The molecule has 1 fully saturated rings. The van der Waals surface area contributed by atoms with Crippen molar-refractivity contribution >= 4 is 25.4 Å². The van der Waals surface area contributed by atoms with E-state index in [-0.39, 0.29) is 0 Å². The van der Waals surface area contributed by atoms with Crippen LogP contribution in [-0.2, 0) is 11.2 Å². The zero-order valence-corrected chi connectivity index (χ0v) is 24.2. The summed E-state index contributed by atoms with van der Waals surface area (Å²) in [6, 6.07) is 3.84. The van der Waals surface area contributed by atoms with Crippen LogP contribution in [-0.4, -0.2) is 81.8 Å². The number of nitrogens with one attached hydrogen (secondary N) is 1. The Labute approximate surface area is 214 Å². The molecule has 1 N–H and O–H groups in total. The van der Waals surface area contributed by atoms with Crippen molar-refractivity contribution in [2.45, 2.75) is 65.3 Å². The topological polar surface area (TPSA) is 56.2 Å². The van der Waals surface area contributed by atoms with Gasteiger partial charge in [0, 0.05) is 71.9 Å². The van der Waals surface area contributed by atoms with E-state index in [1.54, 1.807) is 0 Å². The van der Waals surface area contributed by atoms with Gasteiger partial charge in [-0.3, -0.25) is 4.99 Å². The van der Waals surface area contributed by atoms with Crippen molar-refractivity contribution in [2.24, 2.45) is 4.99 Å². The number of likely N-dealkylation sites (N-methyl/N-ethyl adjacent to an activating group) is 1. The fourth-order valence-corrected chi connectivity index (χ4v) is 5.39. The van der Waals surface area contributed by atoms with Crippen LogP contribution in [0.3, 0.4) is 0 Å². The third kappa shape index (κ3) is 6.88. The van der Waals surface area contributed by atoms with Gasteiger partial charge in [0.2, 0.25) is 0 Å². The molecule has 194 valence electrons. The molecule has 0 amide bonds. The molecule has 2 aliphatic rings. The highest BCUT2D eigenvalue weighted by molar-refractivity contribution is 6.76. The van der Waals surface area contributed by atoms with Crippen LogP contribution < -0.4 is 10.2 Å². The van der Waals surface area contributed by atoms with Gasteiger partial charge in [0.05, 0.1) is 11.9 Å². The Balaban J connectivity index is 1.67. The fourth-order valence-electron chi connectivity index (χ4n) is 4.63. The molecule has 2 aliphatic heterocycles. The average Bonchev–Trinajstić information content (AvgIpc) is 3.48. The zero-order valence-electron chi connectivity index (χ0n) is 23.2. The van der Waals surface area contributed by atoms with Crippen molar-refractivity contribution in [3.8, 4) is 0 Å². The van der Waals surface area contributed by atoms with Crippen LogP contribution in [0.15, 0.2) is 40.8 Å². The minimum atomic E-state index is -1.09. The maximum Gasteiger partial charge on any atom is 0.138 e. The van der Waals surface area contributed by atoms with Crippen molar-refractivity contribution in [1.82, 2.24) is 14.8 Å². The second-order valence-corrected chi connectivity index (χ2v) is 16.4. The predicted octanol–water partition coefficient (Wildman–Crippen LogP) is 5.03. The van der Waals surface area contributed by atoms with Crippen LogP contribution in [0.25, 0.3) is 0 Å². The smallest absolute Gasteiger partial charge is 0.138 e. The van der Waals surface area contributed by atoms with Crippen LogP contribution in [0.1, 0.15) is 32.8 Å². The number of aromatic nitrogens is 1. The Morgan fingerprint density at radius 3 is 2.74 bits per heavy atom. The lowest BCUT2D eigenvalue weighted by Crippen LogP contribution is -2.35. The van der Waals surface area contributed by atoms with Crippen LogP contribution in [0.2, 0.25) is 25.7 Å². The number of pyridine rings is 1. The number of allylic oxidation sites excluding steroid dienone is 1. The van der Waals surface area contributed by atoms with Crippen LogP contribution in [0, 0.1) is 0 Å². The highest BCUT2D eigenvalue weighted by Gasteiger charge is 2.30. The molecule has 7 nitrogen and oxygen atoms in total. The van der Waals surface area contributed by atoms with Crippen molar-refractivity contribution < 1.29 is 4.74 Å². The molecular weight excluding hydrogens is 452 g/mol. The summed E-state index contributed by atoms with van der Waals surface area (Å²) in [5.74, 6) is 2.08. The molecular formula is C27H46N6OSi. The molecule has 0 saturated carbocycles. The van der Waals surface area contributed by atoms with E-state index >= 15 is 0 Å². The van der Waals surface area contributed by atoms with Crippen molar-refractivity contribution in [1.29, 1.82) is 0 Å². The normalized spacial score (nSPS) is 20.8. The van der Waals surface area contributed by atoms with Crippen molar-refractivity contribution in [3.63, 3.8) is 0 Å². The minimum absolute atomic E-state index is 0.432. The first kappa shape index (κ1) is 27.3. The second-order valence-electron chi connectivity index (χ2n) is 10.7. The van der Waals surface area contributed by atoms with Gasteiger partial charge in [-0.05, 0) is 50.4 Å². The Hall–Kier alpha value is -2.32. The van der Waals surface area contributed by atoms with Crippen LogP contribution in [0.5, 0.6) is 0 Å². The van der Waals surface area contributed by atoms with Crippen LogP contribution >= 0.6 is 0 Å². The molecule has 0 aromatic carbocycles. The Morgan fingerprint density at radius 2 is 2.09 bits per heavy atom. The van der Waals surface area contributed by atoms with Gasteiger partial charge >= 0.3 is 0 Å². The number of hydrogen-bond donors (Lipinski definition) is 1.